The Morgan fingerprint density at radius 3 is 2.76 bits per heavy atom. The predicted molar refractivity (Wildman–Crippen MR) is 76.5 cm³/mol. The Morgan fingerprint density at radius 2 is 2.18 bits per heavy atom. The van der Waals surface area contributed by atoms with Crippen molar-refractivity contribution < 1.29 is 0 Å². The molecule has 0 aliphatic heterocycles. The smallest absolute Gasteiger partial charge is 0.0897 e. The highest BCUT2D eigenvalue weighted by Gasteiger charge is 2.14. The van der Waals surface area contributed by atoms with Gasteiger partial charge in [-0.05, 0) is 31.5 Å². The van der Waals surface area contributed by atoms with Crippen LogP contribution in [0.4, 0.5) is 0 Å². The van der Waals surface area contributed by atoms with Crippen molar-refractivity contribution in [1.82, 2.24) is 4.98 Å². The number of aryl methyl sites for hydroxylation is 1. The summed E-state index contributed by atoms with van der Waals surface area (Å²) in [5.74, 6) is 0.326. The average Bonchev–Trinajstić information content (AvgIpc) is 2.73. The summed E-state index contributed by atoms with van der Waals surface area (Å²) in [4.78, 5) is 4.50. The SMILES string of the molecule is Cc1nc(CC(CN)c2ccccc2Br)cs1. The van der Waals surface area contributed by atoms with E-state index < -0.39 is 0 Å². The van der Waals surface area contributed by atoms with Crippen molar-refractivity contribution in [2.45, 2.75) is 19.3 Å². The van der Waals surface area contributed by atoms with Crippen molar-refractivity contribution in [1.29, 1.82) is 0 Å². The minimum absolute atomic E-state index is 0.326. The van der Waals surface area contributed by atoms with Crippen LogP contribution in [0.3, 0.4) is 0 Å². The Labute approximate surface area is 114 Å². The third kappa shape index (κ3) is 3.15. The molecular weight excluding hydrogens is 296 g/mol. The van der Waals surface area contributed by atoms with Gasteiger partial charge in [-0.25, -0.2) is 4.98 Å². The molecule has 4 heteroatoms. The molecule has 0 saturated carbocycles. The molecule has 0 aliphatic carbocycles. The zero-order valence-electron chi connectivity index (χ0n) is 9.69. The molecule has 0 radical (unpaired) electrons. The molecule has 2 N–H and O–H groups in total. The quantitative estimate of drug-likeness (QED) is 0.938. The molecule has 1 aromatic heterocycles. The molecule has 0 fully saturated rings. The van der Waals surface area contributed by atoms with E-state index in [0.717, 1.165) is 21.6 Å². The number of benzene rings is 1. The number of nitrogens with zero attached hydrogens (tertiary/aromatic N) is 1. The van der Waals surface area contributed by atoms with Crippen LogP contribution in [-0.4, -0.2) is 11.5 Å². The monoisotopic (exact) mass is 310 g/mol. The third-order valence-electron chi connectivity index (χ3n) is 2.75. The highest BCUT2D eigenvalue weighted by Crippen LogP contribution is 2.27. The average molecular weight is 311 g/mol. The van der Waals surface area contributed by atoms with Gasteiger partial charge < -0.3 is 5.73 Å². The Morgan fingerprint density at radius 1 is 1.41 bits per heavy atom. The van der Waals surface area contributed by atoms with E-state index in [1.807, 2.05) is 13.0 Å². The van der Waals surface area contributed by atoms with E-state index in [1.165, 1.54) is 5.56 Å². The molecule has 90 valence electrons. The highest BCUT2D eigenvalue weighted by molar-refractivity contribution is 9.10. The van der Waals surface area contributed by atoms with Crippen LogP contribution in [-0.2, 0) is 6.42 Å². The third-order valence-corrected chi connectivity index (χ3v) is 4.30. The van der Waals surface area contributed by atoms with Crippen molar-refractivity contribution >= 4 is 27.3 Å². The molecule has 2 aromatic rings. The van der Waals surface area contributed by atoms with Crippen LogP contribution in [0, 0.1) is 6.92 Å². The fraction of sp³-hybridized carbons (Fsp3) is 0.308. The summed E-state index contributed by atoms with van der Waals surface area (Å²) in [5, 5.41) is 3.23. The summed E-state index contributed by atoms with van der Waals surface area (Å²) in [6.07, 6.45) is 0.906. The van der Waals surface area contributed by atoms with E-state index in [-0.39, 0.29) is 0 Å². The number of halogens is 1. The van der Waals surface area contributed by atoms with Crippen molar-refractivity contribution in [3.8, 4) is 0 Å². The van der Waals surface area contributed by atoms with Gasteiger partial charge in [0.25, 0.3) is 0 Å². The number of hydrogen-bond acceptors (Lipinski definition) is 3. The molecule has 1 heterocycles. The van der Waals surface area contributed by atoms with E-state index in [2.05, 4.69) is 44.5 Å². The maximum Gasteiger partial charge on any atom is 0.0897 e. The van der Waals surface area contributed by atoms with Crippen LogP contribution >= 0.6 is 27.3 Å². The lowest BCUT2D eigenvalue weighted by Crippen LogP contribution is -2.15. The Kier molecular flexibility index (Phi) is 4.31. The van der Waals surface area contributed by atoms with E-state index in [9.17, 15) is 0 Å². The predicted octanol–water partition coefficient (Wildman–Crippen LogP) is 3.50. The Hall–Kier alpha value is -0.710. The van der Waals surface area contributed by atoms with Gasteiger partial charge in [0.2, 0.25) is 0 Å². The van der Waals surface area contributed by atoms with Crippen LogP contribution in [0.1, 0.15) is 22.2 Å². The molecule has 0 aliphatic rings. The van der Waals surface area contributed by atoms with Gasteiger partial charge in [0.1, 0.15) is 0 Å². The van der Waals surface area contributed by atoms with Crippen LogP contribution in [0.15, 0.2) is 34.1 Å². The van der Waals surface area contributed by atoms with Gasteiger partial charge >= 0.3 is 0 Å². The lowest BCUT2D eigenvalue weighted by atomic mass is 9.95. The minimum Gasteiger partial charge on any atom is -0.330 e. The minimum atomic E-state index is 0.326. The number of rotatable bonds is 4. The van der Waals surface area contributed by atoms with Crippen LogP contribution in [0.5, 0.6) is 0 Å². The Balaban J connectivity index is 2.20. The summed E-state index contributed by atoms with van der Waals surface area (Å²) in [7, 11) is 0. The summed E-state index contributed by atoms with van der Waals surface area (Å²) in [6.45, 7) is 2.67. The second-order valence-corrected chi connectivity index (χ2v) is 5.93. The van der Waals surface area contributed by atoms with Crippen molar-refractivity contribution in [2.75, 3.05) is 6.54 Å². The first-order valence-electron chi connectivity index (χ1n) is 5.56. The number of nitrogens with two attached hydrogens (primary N) is 1. The fourth-order valence-electron chi connectivity index (χ4n) is 1.88. The van der Waals surface area contributed by atoms with E-state index in [0.29, 0.717) is 12.5 Å². The van der Waals surface area contributed by atoms with E-state index >= 15 is 0 Å². The second-order valence-electron chi connectivity index (χ2n) is 4.02. The molecule has 0 saturated heterocycles. The topological polar surface area (TPSA) is 38.9 Å². The van der Waals surface area contributed by atoms with Crippen molar-refractivity contribution in [2.24, 2.45) is 5.73 Å². The first-order valence-corrected chi connectivity index (χ1v) is 7.23. The zero-order chi connectivity index (χ0) is 12.3. The van der Waals surface area contributed by atoms with E-state index in [4.69, 9.17) is 5.73 Å². The normalized spacial score (nSPS) is 12.6. The number of hydrogen-bond donors (Lipinski definition) is 1. The summed E-state index contributed by atoms with van der Waals surface area (Å²) >= 11 is 5.28. The van der Waals surface area contributed by atoms with Gasteiger partial charge in [0, 0.05) is 15.8 Å². The van der Waals surface area contributed by atoms with Crippen LogP contribution in [0.25, 0.3) is 0 Å². The fourth-order valence-corrected chi connectivity index (χ4v) is 3.11. The molecular formula is C13H15BrN2S. The first kappa shape index (κ1) is 12.7. The van der Waals surface area contributed by atoms with Gasteiger partial charge in [0.15, 0.2) is 0 Å². The van der Waals surface area contributed by atoms with Gasteiger partial charge in [-0.1, -0.05) is 34.1 Å². The lowest BCUT2D eigenvalue weighted by molar-refractivity contribution is 0.681. The van der Waals surface area contributed by atoms with Gasteiger partial charge in [-0.3, -0.25) is 0 Å². The van der Waals surface area contributed by atoms with Crippen LogP contribution in [0.2, 0.25) is 0 Å². The molecule has 1 aromatic carbocycles. The first-order chi connectivity index (χ1) is 8.20. The summed E-state index contributed by atoms with van der Waals surface area (Å²) in [5.41, 5.74) is 8.29. The Bertz CT molecular complexity index is 496. The van der Waals surface area contributed by atoms with Gasteiger partial charge in [-0.2, -0.15) is 0 Å². The lowest BCUT2D eigenvalue weighted by Gasteiger charge is -2.15. The van der Waals surface area contributed by atoms with Crippen molar-refractivity contribution in [3.63, 3.8) is 0 Å². The van der Waals surface area contributed by atoms with Crippen LogP contribution < -0.4 is 5.73 Å². The molecule has 2 rings (SSSR count). The zero-order valence-corrected chi connectivity index (χ0v) is 12.1. The molecule has 0 spiro atoms. The molecule has 2 nitrogen and oxygen atoms in total. The molecule has 0 bridgehead atoms. The molecule has 1 unspecified atom stereocenters. The second kappa shape index (κ2) is 5.76. The summed E-state index contributed by atoms with van der Waals surface area (Å²) < 4.78 is 1.13. The maximum atomic E-state index is 5.88. The maximum absolute atomic E-state index is 5.88. The number of thiazole rings is 1. The number of aromatic nitrogens is 1. The largest absolute Gasteiger partial charge is 0.330 e. The van der Waals surface area contributed by atoms with Gasteiger partial charge in [0.05, 0.1) is 10.7 Å². The highest BCUT2D eigenvalue weighted by atomic mass is 79.9. The van der Waals surface area contributed by atoms with E-state index in [1.54, 1.807) is 11.3 Å². The standard InChI is InChI=1S/C13H15BrN2S/c1-9-16-11(8-17-9)6-10(7-15)12-4-2-3-5-13(12)14/h2-5,8,10H,6-7,15H2,1H3. The summed E-state index contributed by atoms with van der Waals surface area (Å²) in [6, 6.07) is 8.26. The molecule has 0 amide bonds. The van der Waals surface area contributed by atoms with Crippen molar-refractivity contribution in [3.05, 3.63) is 50.4 Å². The molecule has 17 heavy (non-hydrogen) atoms. The van der Waals surface area contributed by atoms with Gasteiger partial charge in [-0.15, -0.1) is 11.3 Å². The molecule has 1 atom stereocenters.